The summed E-state index contributed by atoms with van der Waals surface area (Å²) in [6.45, 7) is 4.63. The van der Waals surface area contributed by atoms with Gasteiger partial charge in [0.2, 0.25) is 0 Å². The van der Waals surface area contributed by atoms with Gasteiger partial charge >= 0.3 is 0 Å². The highest BCUT2D eigenvalue weighted by atomic mass is 127. The predicted octanol–water partition coefficient (Wildman–Crippen LogP) is 2.77. The second kappa shape index (κ2) is 12.4. The number of guanidine groups is 1. The zero-order chi connectivity index (χ0) is 18.9. The van der Waals surface area contributed by atoms with Gasteiger partial charge in [-0.05, 0) is 43.9 Å². The van der Waals surface area contributed by atoms with Gasteiger partial charge in [0.1, 0.15) is 5.82 Å². The fourth-order valence-electron chi connectivity index (χ4n) is 3.62. The molecule has 0 radical (unpaired) electrons. The van der Waals surface area contributed by atoms with E-state index in [1.54, 1.807) is 19.2 Å². The molecule has 2 N–H and O–H groups in total. The minimum absolute atomic E-state index is 0. The lowest BCUT2D eigenvalue weighted by Gasteiger charge is -2.35. The second-order valence-corrected chi connectivity index (χ2v) is 7.12. The molecule has 2 aliphatic heterocycles. The van der Waals surface area contributed by atoms with Gasteiger partial charge in [-0.15, -0.1) is 24.0 Å². The van der Waals surface area contributed by atoms with Crippen molar-refractivity contribution in [1.29, 1.82) is 0 Å². The number of nitrogens with zero attached hydrogens (tertiary/aromatic N) is 2. The molecule has 2 fully saturated rings. The van der Waals surface area contributed by atoms with E-state index in [9.17, 15) is 4.39 Å². The van der Waals surface area contributed by atoms with E-state index >= 15 is 0 Å². The summed E-state index contributed by atoms with van der Waals surface area (Å²) < 4.78 is 24.7. The predicted molar refractivity (Wildman–Crippen MR) is 121 cm³/mol. The van der Waals surface area contributed by atoms with Crippen LogP contribution >= 0.6 is 24.0 Å². The zero-order valence-corrected chi connectivity index (χ0v) is 18.9. The van der Waals surface area contributed by atoms with Crippen LogP contribution in [-0.2, 0) is 9.47 Å². The summed E-state index contributed by atoms with van der Waals surface area (Å²) in [7, 11) is 1.77. The lowest BCUT2D eigenvalue weighted by atomic mass is 10.0. The first kappa shape index (κ1) is 23.2. The highest BCUT2D eigenvalue weighted by Crippen LogP contribution is 2.20. The molecule has 28 heavy (non-hydrogen) atoms. The van der Waals surface area contributed by atoms with Crippen molar-refractivity contribution in [2.45, 2.75) is 37.8 Å². The van der Waals surface area contributed by atoms with Crippen molar-refractivity contribution in [2.75, 3.05) is 51.4 Å². The normalized spacial score (nSPS) is 22.6. The summed E-state index contributed by atoms with van der Waals surface area (Å²) in [5, 5.41) is 6.78. The summed E-state index contributed by atoms with van der Waals surface area (Å²) in [4.78, 5) is 6.53. The van der Waals surface area contributed by atoms with Gasteiger partial charge in [0, 0.05) is 45.0 Å². The SMILES string of the molecule is CN=C(NCCOCC1CCCO1)NC1CCCN(c2cccc(F)c2)C1.I. The van der Waals surface area contributed by atoms with Gasteiger partial charge < -0.3 is 25.0 Å². The van der Waals surface area contributed by atoms with Crippen molar-refractivity contribution in [3.8, 4) is 0 Å². The number of nitrogens with one attached hydrogen (secondary N) is 2. The van der Waals surface area contributed by atoms with Crippen molar-refractivity contribution >= 4 is 35.6 Å². The summed E-state index contributed by atoms with van der Waals surface area (Å²) >= 11 is 0. The molecule has 1 aromatic carbocycles. The Bertz CT molecular complexity index is 614. The molecule has 2 saturated heterocycles. The average molecular weight is 506 g/mol. The van der Waals surface area contributed by atoms with Gasteiger partial charge in [0.05, 0.1) is 19.3 Å². The number of halogens is 2. The molecule has 0 bridgehead atoms. The smallest absolute Gasteiger partial charge is 0.191 e. The Labute approximate surface area is 184 Å². The molecule has 2 heterocycles. The van der Waals surface area contributed by atoms with Crippen LogP contribution in [0.5, 0.6) is 0 Å². The first-order chi connectivity index (χ1) is 13.2. The van der Waals surface area contributed by atoms with Crippen LogP contribution in [0, 0.1) is 5.82 Å². The minimum atomic E-state index is -0.192. The maximum Gasteiger partial charge on any atom is 0.191 e. The van der Waals surface area contributed by atoms with E-state index in [0.717, 1.165) is 57.0 Å². The maximum absolute atomic E-state index is 13.5. The lowest BCUT2D eigenvalue weighted by molar-refractivity contribution is 0.0191. The number of hydrogen-bond donors (Lipinski definition) is 2. The van der Waals surface area contributed by atoms with Crippen LogP contribution < -0.4 is 15.5 Å². The second-order valence-electron chi connectivity index (χ2n) is 7.12. The molecule has 2 unspecified atom stereocenters. The van der Waals surface area contributed by atoms with Gasteiger partial charge in [-0.2, -0.15) is 0 Å². The van der Waals surface area contributed by atoms with Gasteiger partial charge in [-0.1, -0.05) is 6.07 Å². The van der Waals surface area contributed by atoms with Gasteiger partial charge in [0.25, 0.3) is 0 Å². The van der Waals surface area contributed by atoms with Crippen LogP contribution in [0.3, 0.4) is 0 Å². The number of aliphatic imine (C=N–C) groups is 1. The Morgan fingerprint density at radius 3 is 3.00 bits per heavy atom. The first-order valence-corrected chi connectivity index (χ1v) is 9.91. The number of ether oxygens (including phenoxy) is 2. The molecule has 0 aliphatic carbocycles. The molecule has 0 saturated carbocycles. The number of piperidine rings is 1. The fraction of sp³-hybridized carbons (Fsp3) is 0.650. The Kier molecular flexibility index (Phi) is 10.3. The third-order valence-electron chi connectivity index (χ3n) is 5.03. The Balaban J connectivity index is 0.00000280. The fourth-order valence-corrected chi connectivity index (χ4v) is 3.62. The van der Waals surface area contributed by atoms with Gasteiger partial charge in [-0.3, -0.25) is 4.99 Å². The molecular formula is C20H32FIN4O2. The average Bonchev–Trinajstić information content (AvgIpc) is 3.20. The summed E-state index contributed by atoms with van der Waals surface area (Å²) in [6.07, 6.45) is 4.63. The van der Waals surface area contributed by atoms with E-state index in [1.165, 1.54) is 6.07 Å². The van der Waals surface area contributed by atoms with Gasteiger partial charge in [0.15, 0.2) is 5.96 Å². The molecule has 8 heteroatoms. The van der Waals surface area contributed by atoms with Gasteiger partial charge in [-0.25, -0.2) is 4.39 Å². The topological polar surface area (TPSA) is 58.1 Å². The number of benzene rings is 1. The Hall–Kier alpha value is -1.13. The molecule has 0 amide bonds. The molecule has 158 valence electrons. The molecular weight excluding hydrogens is 474 g/mol. The molecule has 2 aliphatic rings. The Morgan fingerprint density at radius 2 is 2.25 bits per heavy atom. The van der Waals surface area contributed by atoms with Crippen molar-refractivity contribution in [3.05, 3.63) is 30.1 Å². The number of anilines is 1. The first-order valence-electron chi connectivity index (χ1n) is 9.91. The Morgan fingerprint density at radius 1 is 1.36 bits per heavy atom. The maximum atomic E-state index is 13.5. The molecule has 3 rings (SSSR count). The van der Waals surface area contributed by atoms with Crippen LogP contribution in [0.15, 0.2) is 29.3 Å². The van der Waals surface area contributed by atoms with Crippen LogP contribution in [0.2, 0.25) is 0 Å². The summed E-state index contributed by atoms with van der Waals surface area (Å²) in [5.41, 5.74) is 0.937. The van der Waals surface area contributed by atoms with Crippen molar-refractivity contribution in [2.24, 2.45) is 4.99 Å². The van der Waals surface area contributed by atoms with Crippen molar-refractivity contribution in [3.63, 3.8) is 0 Å². The van der Waals surface area contributed by atoms with E-state index in [4.69, 9.17) is 9.47 Å². The third-order valence-corrected chi connectivity index (χ3v) is 5.03. The molecule has 0 aromatic heterocycles. The third kappa shape index (κ3) is 7.36. The number of rotatable bonds is 7. The van der Waals surface area contributed by atoms with Crippen LogP contribution in [0.25, 0.3) is 0 Å². The standard InChI is InChI=1S/C20H31FN4O2.HI/c1-22-20(23-9-12-26-15-19-8-4-11-27-19)24-17-6-3-10-25(14-17)18-7-2-5-16(21)13-18;/h2,5,7,13,17,19H,3-4,6,8-12,14-15H2,1H3,(H2,22,23,24);1H. The largest absolute Gasteiger partial charge is 0.377 e. The zero-order valence-electron chi connectivity index (χ0n) is 16.5. The highest BCUT2D eigenvalue weighted by molar-refractivity contribution is 14.0. The quantitative estimate of drug-likeness (QED) is 0.258. The van der Waals surface area contributed by atoms with Crippen molar-refractivity contribution < 1.29 is 13.9 Å². The number of hydrogen-bond acceptors (Lipinski definition) is 4. The van der Waals surface area contributed by atoms with Crippen LogP contribution in [0.1, 0.15) is 25.7 Å². The van der Waals surface area contributed by atoms with E-state index in [0.29, 0.717) is 19.8 Å². The minimum Gasteiger partial charge on any atom is -0.377 e. The van der Waals surface area contributed by atoms with E-state index < -0.39 is 0 Å². The highest BCUT2D eigenvalue weighted by Gasteiger charge is 2.21. The van der Waals surface area contributed by atoms with E-state index in [2.05, 4.69) is 20.5 Å². The molecule has 1 aromatic rings. The molecule has 0 spiro atoms. The lowest BCUT2D eigenvalue weighted by Crippen LogP contribution is -2.51. The molecule has 2 atom stereocenters. The van der Waals surface area contributed by atoms with Crippen LogP contribution in [0.4, 0.5) is 10.1 Å². The van der Waals surface area contributed by atoms with E-state index in [-0.39, 0.29) is 41.9 Å². The van der Waals surface area contributed by atoms with Crippen molar-refractivity contribution in [1.82, 2.24) is 10.6 Å². The van der Waals surface area contributed by atoms with E-state index in [1.807, 2.05) is 6.07 Å². The molecule has 6 nitrogen and oxygen atoms in total. The summed E-state index contributed by atoms with van der Waals surface area (Å²) in [6, 6.07) is 7.08. The summed E-state index contributed by atoms with van der Waals surface area (Å²) in [5.74, 6) is 0.588. The monoisotopic (exact) mass is 506 g/mol. The van der Waals surface area contributed by atoms with Crippen LogP contribution in [-0.4, -0.2) is 64.6 Å².